The summed E-state index contributed by atoms with van der Waals surface area (Å²) in [6.45, 7) is 14.6. The quantitative estimate of drug-likeness (QED) is 0.666. The zero-order valence-electron chi connectivity index (χ0n) is 9.94. The molecular weight excluding hydrogens is 159 g/mol. The smallest absolute Gasteiger partial charge is 0.00970 e. The van der Waals surface area contributed by atoms with Gasteiger partial charge in [-0.3, -0.25) is 0 Å². The first-order chi connectivity index (χ1) is 5.63. The van der Waals surface area contributed by atoms with E-state index in [9.17, 15) is 0 Å². The average Bonchev–Trinajstić information content (AvgIpc) is 1.82. The van der Waals surface area contributed by atoms with Gasteiger partial charge in [-0.15, -0.1) is 0 Å². The van der Waals surface area contributed by atoms with Crippen LogP contribution in [0, 0.1) is 0 Å². The molecule has 3 radical (unpaired) electrons. The molecule has 0 spiro atoms. The summed E-state index contributed by atoms with van der Waals surface area (Å²) in [4.78, 5) is 1.87. The average molecular weight is 182 g/mol. The van der Waals surface area contributed by atoms with E-state index in [1.807, 2.05) is 4.81 Å². The maximum atomic E-state index is 5.87. The van der Waals surface area contributed by atoms with Gasteiger partial charge in [-0.25, -0.2) is 0 Å². The summed E-state index contributed by atoms with van der Waals surface area (Å²) in [6, 6.07) is 0. The van der Waals surface area contributed by atoms with Crippen molar-refractivity contribution in [3.63, 3.8) is 0 Å². The Balaban J connectivity index is 3.67. The van der Waals surface area contributed by atoms with Crippen molar-refractivity contribution in [1.29, 1.82) is 0 Å². The van der Waals surface area contributed by atoms with E-state index in [-0.39, 0.29) is 11.1 Å². The van der Waals surface area contributed by atoms with Crippen LogP contribution in [0.3, 0.4) is 0 Å². The minimum absolute atomic E-state index is 0.0551. The van der Waals surface area contributed by atoms with Gasteiger partial charge < -0.3 is 18.1 Å². The molecule has 0 aliphatic rings. The zero-order valence-corrected chi connectivity index (χ0v) is 9.94. The highest BCUT2D eigenvalue weighted by Crippen LogP contribution is 2.08. The highest BCUT2D eigenvalue weighted by atomic mass is 15.1. The van der Waals surface area contributed by atoms with Crippen molar-refractivity contribution in [2.75, 3.05) is 13.1 Å². The predicted molar refractivity (Wildman–Crippen MR) is 60.0 cm³/mol. The van der Waals surface area contributed by atoms with Gasteiger partial charge in [0, 0.05) is 12.1 Å². The first-order valence-corrected chi connectivity index (χ1v) is 4.90. The summed E-state index contributed by atoms with van der Waals surface area (Å²) in [5.41, 5.74) is 0.234. The van der Waals surface area contributed by atoms with E-state index >= 15 is 0 Å². The normalized spacial score (nSPS) is 13.8. The lowest BCUT2D eigenvalue weighted by atomic mass is 10.0. The predicted octanol–water partition coefficient (Wildman–Crippen LogP) is 1.56. The van der Waals surface area contributed by atoms with E-state index in [2.05, 4.69) is 46.9 Å². The molecule has 0 fully saturated rings. The summed E-state index contributed by atoms with van der Waals surface area (Å²) in [5, 5.41) is 3.40. The van der Waals surface area contributed by atoms with E-state index in [0.717, 1.165) is 13.1 Å². The second-order valence-corrected chi connectivity index (χ2v) is 5.54. The topological polar surface area (TPSA) is 15.3 Å². The monoisotopic (exact) mass is 182 g/mol. The lowest BCUT2D eigenvalue weighted by molar-refractivity contribution is 0.251. The van der Waals surface area contributed by atoms with Gasteiger partial charge in [0.25, 0.3) is 0 Å². The fourth-order valence-corrected chi connectivity index (χ4v) is 0.887. The summed E-state index contributed by atoms with van der Waals surface area (Å²) in [6.07, 6.45) is 0. The van der Waals surface area contributed by atoms with Gasteiger partial charge in [0.2, 0.25) is 0 Å². The standard InChI is InChI=1S/C10H23BN2/c1-9(2,3)12-7-8-13(11)10(4,5)6/h12H,7-8H2,1-6H3/q-1. The Bertz CT molecular complexity index is 144. The van der Waals surface area contributed by atoms with Crippen molar-refractivity contribution in [1.82, 2.24) is 10.1 Å². The lowest BCUT2D eigenvalue weighted by Gasteiger charge is -2.46. The fraction of sp³-hybridized carbons (Fsp3) is 1.00. The van der Waals surface area contributed by atoms with Gasteiger partial charge in [0.15, 0.2) is 0 Å². The highest BCUT2D eigenvalue weighted by Gasteiger charge is 2.10. The molecule has 0 aliphatic heterocycles. The van der Waals surface area contributed by atoms with Crippen LogP contribution in [-0.4, -0.2) is 37.0 Å². The molecule has 0 saturated carbocycles. The number of hydrogen-bond donors (Lipinski definition) is 1. The molecule has 0 aromatic carbocycles. The van der Waals surface area contributed by atoms with Crippen molar-refractivity contribution >= 4 is 7.98 Å². The Morgan fingerprint density at radius 1 is 1.08 bits per heavy atom. The molecule has 0 amide bonds. The second-order valence-electron chi connectivity index (χ2n) is 5.54. The molecule has 2 nitrogen and oxygen atoms in total. The highest BCUT2D eigenvalue weighted by molar-refractivity contribution is 6.04. The summed E-state index contributed by atoms with van der Waals surface area (Å²) < 4.78 is 0. The lowest BCUT2D eigenvalue weighted by Crippen LogP contribution is -2.46. The molecule has 0 aliphatic carbocycles. The molecule has 0 saturated heterocycles. The van der Waals surface area contributed by atoms with Crippen LogP contribution >= 0.6 is 0 Å². The first-order valence-electron chi connectivity index (χ1n) is 4.90. The van der Waals surface area contributed by atoms with E-state index in [1.54, 1.807) is 0 Å². The zero-order chi connectivity index (χ0) is 10.7. The molecule has 13 heavy (non-hydrogen) atoms. The molecule has 0 unspecified atom stereocenters. The Hall–Kier alpha value is -0.0151. The van der Waals surface area contributed by atoms with Crippen LogP contribution in [-0.2, 0) is 0 Å². The number of rotatable bonds is 3. The second kappa shape index (κ2) is 4.47. The van der Waals surface area contributed by atoms with Crippen molar-refractivity contribution < 1.29 is 0 Å². The van der Waals surface area contributed by atoms with Gasteiger partial charge in [-0.2, -0.15) is 0 Å². The number of nitrogens with one attached hydrogen (secondary N) is 1. The van der Waals surface area contributed by atoms with Crippen LogP contribution in [0.15, 0.2) is 0 Å². The molecule has 1 N–H and O–H groups in total. The molecular formula is C10H23BN2-. The molecule has 0 aromatic heterocycles. The molecule has 0 bridgehead atoms. The molecule has 0 rings (SSSR count). The molecule has 0 aromatic rings. The van der Waals surface area contributed by atoms with Gasteiger partial charge in [0.1, 0.15) is 0 Å². The largest absolute Gasteiger partial charge is 0.575 e. The van der Waals surface area contributed by atoms with Crippen LogP contribution in [0.25, 0.3) is 0 Å². The van der Waals surface area contributed by atoms with Gasteiger partial charge in [0.05, 0.1) is 0 Å². The van der Waals surface area contributed by atoms with Crippen molar-refractivity contribution in [3.05, 3.63) is 0 Å². The van der Waals surface area contributed by atoms with E-state index in [1.165, 1.54) is 0 Å². The van der Waals surface area contributed by atoms with E-state index in [4.69, 9.17) is 7.98 Å². The molecule has 3 heteroatoms. The number of hydrogen-bond acceptors (Lipinski definition) is 2. The van der Waals surface area contributed by atoms with Crippen LogP contribution in [0.5, 0.6) is 0 Å². The SMILES string of the molecule is [B-]N(CCNC(C)(C)C)C(C)(C)C. The Morgan fingerprint density at radius 2 is 1.54 bits per heavy atom. The van der Waals surface area contributed by atoms with Crippen LogP contribution < -0.4 is 5.32 Å². The maximum absolute atomic E-state index is 5.87. The van der Waals surface area contributed by atoms with Gasteiger partial charge >= 0.3 is 0 Å². The third-order valence-corrected chi connectivity index (χ3v) is 1.87. The van der Waals surface area contributed by atoms with Crippen molar-refractivity contribution in [2.24, 2.45) is 0 Å². The van der Waals surface area contributed by atoms with E-state index < -0.39 is 0 Å². The Morgan fingerprint density at radius 3 is 1.85 bits per heavy atom. The maximum Gasteiger partial charge on any atom is 0.00970 e. The minimum Gasteiger partial charge on any atom is -0.575 e. The van der Waals surface area contributed by atoms with Gasteiger partial charge in [-0.05, 0) is 32.9 Å². The molecule has 0 heterocycles. The summed E-state index contributed by atoms with van der Waals surface area (Å²) in [5.74, 6) is 0. The van der Waals surface area contributed by atoms with Crippen molar-refractivity contribution in [2.45, 2.75) is 52.6 Å². The Labute approximate surface area is 84.5 Å². The van der Waals surface area contributed by atoms with Crippen molar-refractivity contribution in [3.8, 4) is 0 Å². The Kier molecular flexibility index (Phi) is 4.47. The number of nitrogens with zero attached hydrogens (tertiary/aromatic N) is 1. The van der Waals surface area contributed by atoms with Gasteiger partial charge in [-0.1, -0.05) is 20.8 Å². The van der Waals surface area contributed by atoms with E-state index in [0.29, 0.717) is 0 Å². The molecule has 0 atom stereocenters. The third-order valence-electron chi connectivity index (χ3n) is 1.87. The van der Waals surface area contributed by atoms with Crippen LogP contribution in [0.2, 0.25) is 0 Å². The summed E-state index contributed by atoms with van der Waals surface area (Å²) in [7, 11) is 5.87. The fourth-order valence-electron chi connectivity index (χ4n) is 0.887. The third kappa shape index (κ3) is 7.09. The first kappa shape index (κ1) is 13.0. The summed E-state index contributed by atoms with van der Waals surface area (Å²) >= 11 is 0. The van der Waals surface area contributed by atoms with Crippen LogP contribution in [0.1, 0.15) is 41.5 Å². The minimum atomic E-state index is 0.0551. The molecule has 77 valence electrons. The van der Waals surface area contributed by atoms with Crippen LogP contribution in [0.4, 0.5) is 0 Å².